The normalized spacial score (nSPS) is 10.7. The molecule has 7 heteroatoms. The molecule has 0 spiro atoms. The van der Waals surface area contributed by atoms with Crippen molar-refractivity contribution in [1.29, 1.82) is 0 Å². The number of benzene rings is 2. The van der Waals surface area contributed by atoms with Crippen LogP contribution >= 0.6 is 11.6 Å². The molecular formula is C20H15ClFN5. The highest BCUT2D eigenvalue weighted by Crippen LogP contribution is 2.23. The number of anilines is 3. The minimum absolute atomic E-state index is 0.286. The van der Waals surface area contributed by atoms with Gasteiger partial charge in [0.05, 0.1) is 10.9 Å². The standard InChI is InChI=1S/C20H15ClFN5/c21-14-3-1-13(2-4-14)11-24-20-25-12-17-18(27-20)9-10-23-19(17)26-16-7-5-15(22)6-8-16/h1-10,12H,11H2,(H,23,26)(H,24,25,27). The molecule has 134 valence electrons. The molecule has 2 N–H and O–H groups in total. The van der Waals surface area contributed by atoms with Crippen LogP contribution in [0, 0.1) is 5.82 Å². The first-order chi connectivity index (χ1) is 13.2. The lowest BCUT2D eigenvalue weighted by Gasteiger charge is -2.10. The Morgan fingerprint density at radius 3 is 2.48 bits per heavy atom. The van der Waals surface area contributed by atoms with E-state index in [-0.39, 0.29) is 5.82 Å². The number of rotatable bonds is 5. The number of nitrogens with zero attached hydrogens (tertiary/aromatic N) is 3. The summed E-state index contributed by atoms with van der Waals surface area (Å²) in [5.41, 5.74) is 2.57. The van der Waals surface area contributed by atoms with E-state index >= 15 is 0 Å². The molecular weight excluding hydrogens is 365 g/mol. The molecule has 4 rings (SSSR count). The maximum absolute atomic E-state index is 13.1. The summed E-state index contributed by atoms with van der Waals surface area (Å²) in [6, 6.07) is 15.5. The number of hydrogen-bond acceptors (Lipinski definition) is 5. The molecule has 5 nitrogen and oxygen atoms in total. The van der Waals surface area contributed by atoms with Crippen molar-refractivity contribution in [2.24, 2.45) is 0 Å². The van der Waals surface area contributed by atoms with E-state index in [4.69, 9.17) is 11.6 Å². The molecule has 27 heavy (non-hydrogen) atoms. The molecule has 2 aromatic heterocycles. The Hall–Kier alpha value is -3.25. The molecule has 0 unspecified atom stereocenters. The Morgan fingerprint density at radius 1 is 0.926 bits per heavy atom. The molecule has 0 radical (unpaired) electrons. The summed E-state index contributed by atoms with van der Waals surface area (Å²) >= 11 is 5.90. The van der Waals surface area contributed by atoms with Crippen LogP contribution in [0.5, 0.6) is 0 Å². The van der Waals surface area contributed by atoms with Crippen LogP contribution in [0.15, 0.2) is 67.0 Å². The molecule has 0 atom stereocenters. The van der Waals surface area contributed by atoms with E-state index < -0.39 is 0 Å². The number of aromatic nitrogens is 3. The summed E-state index contributed by atoms with van der Waals surface area (Å²) in [5, 5.41) is 7.85. The average Bonchev–Trinajstić information content (AvgIpc) is 2.69. The van der Waals surface area contributed by atoms with Gasteiger partial charge in [-0.1, -0.05) is 23.7 Å². The summed E-state index contributed by atoms with van der Waals surface area (Å²) in [4.78, 5) is 13.2. The lowest BCUT2D eigenvalue weighted by atomic mass is 10.2. The molecule has 2 aromatic carbocycles. The Balaban J connectivity index is 1.54. The van der Waals surface area contributed by atoms with E-state index in [1.807, 2.05) is 30.3 Å². The number of hydrogen-bond donors (Lipinski definition) is 2. The third kappa shape index (κ3) is 4.12. The van der Waals surface area contributed by atoms with Gasteiger partial charge in [0.15, 0.2) is 0 Å². The smallest absolute Gasteiger partial charge is 0.223 e. The largest absolute Gasteiger partial charge is 0.350 e. The van der Waals surface area contributed by atoms with Gasteiger partial charge in [0.2, 0.25) is 5.95 Å². The van der Waals surface area contributed by atoms with Crippen molar-refractivity contribution < 1.29 is 4.39 Å². The Labute approximate surface area is 160 Å². The van der Waals surface area contributed by atoms with E-state index in [1.54, 1.807) is 24.5 Å². The maximum Gasteiger partial charge on any atom is 0.223 e. The van der Waals surface area contributed by atoms with Gasteiger partial charge in [-0.05, 0) is 48.0 Å². The van der Waals surface area contributed by atoms with Crippen LogP contribution in [0.25, 0.3) is 10.9 Å². The fourth-order valence-corrected chi connectivity index (χ4v) is 2.72. The fraction of sp³-hybridized carbons (Fsp3) is 0.0500. The average molecular weight is 380 g/mol. The molecule has 4 aromatic rings. The van der Waals surface area contributed by atoms with Crippen LogP contribution in [-0.4, -0.2) is 15.0 Å². The highest BCUT2D eigenvalue weighted by Gasteiger charge is 2.07. The van der Waals surface area contributed by atoms with Crippen molar-refractivity contribution in [1.82, 2.24) is 15.0 Å². The number of fused-ring (bicyclic) bond motifs is 1. The van der Waals surface area contributed by atoms with Gasteiger partial charge < -0.3 is 10.6 Å². The maximum atomic E-state index is 13.1. The highest BCUT2D eigenvalue weighted by atomic mass is 35.5. The Morgan fingerprint density at radius 2 is 1.70 bits per heavy atom. The monoisotopic (exact) mass is 379 g/mol. The zero-order valence-corrected chi connectivity index (χ0v) is 14.9. The minimum Gasteiger partial charge on any atom is -0.350 e. The van der Waals surface area contributed by atoms with Gasteiger partial charge in [0.25, 0.3) is 0 Å². The molecule has 2 heterocycles. The Kier molecular flexibility index (Phi) is 4.80. The third-order valence-corrected chi connectivity index (χ3v) is 4.23. The van der Waals surface area contributed by atoms with Crippen molar-refractivity contribution in [3.63, 3.8) is 0 Å². The molecule has 0 saturated heterocycles. The van der Waals surface area contributed by atoms with Gasteiger partial charge in [-0.3, -0.25) is 0 Å². The van der Waals surface area contributed by atoms with Gasteiger partial charge in [-0.2, -0.15) is 0 Å². The van der Waals surface area contributed by atoms with E-state index in [9.17, 15) is 4.39 Å². The quantitative estimate of drug-likeness (QED) is 0.500. The van der Waals surface area contributed by atoms with E-state index in [2.05, 4.69) is 25.6 Å². The van der Waals surface area contributed by atoms with Crippen LogP contribution in [0.3, 0.4) is 0 Å². The zero-order chi connectivity index (χ0) is 18.6. The molecule has 0 aliphatic carbocycles. The molecule has 0 aliphatic rings. The van der Waals surface area contributed by atoms with Crippen molar-refractivity contribution in [3.8, 4) is 0 Å². The lowest BCUT2D eigenvalue weighted by molar-refractivity contribution is 0.628. The van der Waals surface area contributed by atoms with Gasteiger partial charge in [-0.25, -0.2) is 19.3 Å². The van der Waals surface area contributed by atoms with Crippen LogP contribution in [0.1, 0.15) is 5.56 Å². The van der Waals surface area contributed by atoms with Crippen LogP contribution in [0.2, 0.25) is 5.02 Å². The SMILES string of the molecule is Fc1ccc(Nc2nccc3nc(NCc4ccc(Cl)cc4)ncc23)cc1. The Bertz CT molecular complexity index is 1070. The minimum atomic E-state index is -0.286. The van der Waals surface area contributed by atoms with Gasteiger partial charge in [0, 0.05) is 29.6 Å². The molecule has 0 aliphatic heterocycles. The first-order valence-corrected chi connectivity index (χ1v) is 8.68. The summed E-state index contributed by atoms with van der Waals surface area (Å²) in [7, 11) is 0. The summed E-state index contributed by atoms with van der Waals surface area (Å²) in [5.74, 6) is 0.853. The van der Waals surface area contributed by atoms with Gasteiger partial charge in [0.1, 0.15) is 11.6 Å². The zero-order valence-electron chi connectivity index (χ0n) is 14.2. The third-order valence-electron chi connectivity index (χ3n) is 3.98. The molecule has 0 amide bonds. The van der Waals surface area contributed by atoms with Crippen LogP contribution in [-0.2, 0) is 6.54 Å². The lowest BCUT2D eigenvalue weighted by Crippen LogP contribution is -2.04. The second-order valence-corrected chi connectivity index (χ2v) is 6.33. The number of halogens is 2. The first kappa shape index (κ1) is 17.2. The summed E-state index contributed by atoms with van der Waals surface area (Å²) in [6.07, 6.45) is 3.38. The van der Waals surface area contributed by atoms with Crippen molar-refractivity contribution in [2.75, 3.05) is 10.6 Å². The fourth-order valence-electron chi connectivity index (χ4n) is 2.59. The van der Waals surface area contributed by atoms with E-state index in [0.29, 0.717) is 23.3 Å². The highest BCUT2D eigenvalue weighted by molar-refractivity contribution is 6.30. The number of pyridine rings is 1. The first-order valence-electron chi connectivity index (χ1n) is 8.30. The predicted octanol–water partition coefficient (Wildman–Crippen LogP) is 5.17. The van der Waals surface area contributed by atoms with E-state index in [1.165, 1.54) is 12.1 Å². The van der Waals surface area contributed by atoms with Crippen molar-refractivity contribution >= 4 is 40.0 Å². The molecule has 0 bridgehead atoms. The van der Waals surface area contributed by atoms with Gasteiger partial charge in [-0.15, -0.1) is 0 Å². The van der Waals surface area contributed by atoms with Crippen molar-refractivity contribution in [3.05, 3.63) is 83.4 Å². The summed E-state index contributed by atoms with van der Waals surface area (Å²) < 4.78 is 13.1. The number of nitrogens with one attached hydrogen (secondary N) is 2. The predicted molar refractivity (Wildman–Crippen MR) is 106 cm³/mol. The second-order valence-electron chi connectivity index (χ2n) is 5.90. The van der Waals surface area contributed by atoms with Crippen LogP contribution < -0.4 is 10.6 Å². The second kappa shape index (κ2) is 7.55. The summed E-state index contributed by atoms with van der Waals surface area (Å²) in [6.45, 7) is 0.592. The molecule has 0 fully saturated rings. The van der Waals surface area contributed by atoms with E-state index in [0.717, 1.165) is 22.2 Å². The topological polar surface area (TPSA) is 62.7 Å². The van der Waals surface area contributed by atoms with Gasteiger partial charge >= 0.3 is 0 Å². The van der Waals surface area contributed by atoms with Crippen molar-refractivity contribution in [2.45, 2.75) is 6.54 Å². The molecule has 0 saturated carbocycles. The van der Waals surface area contributed by atoms with Crippen LogP contribution in [0.4, 0.5) is 21.8 Å².